The van der Waals surface area contributed by atoms with Crippen LogP contribution in [-0.4, -0.2) is 37.3 Å². The van der Waals surface area contributed by atoms with Crippen LogP contribution in [0.5, 0.6) is 0 Å². The minimum Gasteiger partial charge on any atom is -0.370 e. The Balaban J connectivity index is 2.04. The van der Waals surface area contributed by atoms with Crippen LogP contribution >= 0.6 is 0 Å². The molecule has 0 aromatic heterocycles. The van der Waals surface area contributed by atoms with Crippen molar-refractivity contribution in [3.8, 4) is 0 Å². The summed E-state index contributed by atoms with van der Waals surface area (Å²) in [6.45, 7) is 7.67. The normalized spacial score (nSPS) is 17.4. The minimum absolute atomic E-state index is 0.138. The van der Waals surface area contributed by atoms with E-state index in [1.165, 1.54) is 0 Å². The summed E-state index contributed by atoms with van der Waals surface area (Å²) in [5.41, 5.74) is 6.61. The number of benzene rings is 1. The summed E-state index contributed by atoms with van der Waals surface area (Å²) in [5.74, 6) is 0.381. The highest BCUT2D eigenvalue weighted by atomic mass is 32.2. The van der Waals surface area contributed by atoms with E-state index in [0.717, 1.165) is 18.4 Å². The van der Waals surface area contributed by atoms with Gasteiger partial charge in [0.2, 0.25) is 10.0 Å². The van der Waals surface area contributed by atoms with Gasteiger partial charge in [-0.2, -0.15) is 4.31 Å². The first-order chi connectivity index (χ1) is 10.7. The second-order valence-corrected chi connectivity index (χ2v) is 8.77. The van der Waals surface area contributed by atoms with Gasteiger partial charge in [-0.3, -0.25) is 0 Å². The predicted molar refractivity (Wildman–Crippen MR) is 92.6 cm³/mol. The van der Waals surface area contributed by atoms with Crippen molar-refractivity contribution < 1.29 is 8.42 Å². The van der Waals surface area contributed by atoms with E-state index < -0.39 is 10.0 Å². The summed E-state index contributed by atoms with van der Waals surface area (Å²) in [6.07, 6.45) is 1.87. The van der Waals surface area contributed by atoms with Crippen LogP contribution in [0.15, 0.2) is 34.2 Å². The summed E-state index contributed by atoms with van der Waals surface area (Å²) >= 11 is 0. The number of rotatable bonds is 4. The fraction of sp³-hybridized carbons (Fsp3) is 0.562. The lowest BCUT2D eigenvalue weighted by Crippen LogP contribution is -2.44. The van der Waals surface area contributed by atoms with Gasteiger partial charge in [0.05, 0.1) is 11.4 Å². The van der Waals surface area contributed by atoms with Crippen molar-refractivity contribution in [3.05, 3.63) is 29.8 Å². The highest BCUT2D eigenvalue weighted by Crippen LogP contribution is 2.21. The molecular formula is C16H26N4O2S. The monoisotopic (exact) mass is 338 g/mol. The quantitative estimate of drug-likeness (QED) is 0.646. The van der Waals surface area contributed by atoms with Crippen LogP contribution in [0.4, 0.5) is 0 Å². The fourth-order valence-corrected chi connectivity index (χ4v) is 3.96. The molecule has 7 heteroatoms. The molecule has 0 unspecified atom stereocenters. The Hall–Kier alpha value is -1.60. The lowest BCUT2D eigenvalue weighted by Gasteiger charge is -2.21. The summed E-state index contributed by atoms with van der Waals surface area (Å²) in [4.78, 5) is 4.61. The smallest absolute Gasteiger partial charge is 0.243 e. The Labute approximate surface area is 138 Å². The summed E-state index contributed by atoms with van der Waals surface area (Å²) in [5, 5.41) is 3.09. The molecule has 128 valence electrons. The maximum Gasteiger partial charge on any atom is 0.243 e. The van der Waals surface area contributed by atoms with Crippen molar-refractivity contribution in [2.24, 2.45) is 10.7 Å². The Morgan fingerprint density at radius 3 is 2.30 bits per heavy atom. The molecule has 0 saturated carbocycles. The molecule has 3 N–H and O–H groups in total. The Kier molecular flexibility index (Phi) is 5.31. The predicted octanol–water partition coefficient (Wildman–Crippen LogP) is 1.67. The van der Waals surface area contributed by atoms with Crippen LogP contribution < -0.4 is 11.1 Å². The largest absolute Gasteiger partial charge is 0.370 e. The molecule has 1 aromatic rings. The molecule has 0 bridgehead atoms. The van der Waals surface area contributed by atoms with Gasteiger partial charge < -0.3 is 11.1 Å². The fourth-order valence-electron chi connectivity index (χ4n) is 2.44. The van der Waals surface area contributed by atoms with Crippen molar-refractivity contribution in [1.29, 1.82) is 0 Å². The number of hydrogen-bond donors (Lipinski definition) is 2. The Morgan fingerprint density at radius 2 is 1.78 bits per heavy atom. The maximum atomic E-state index is 12.4. The summed E-state index contributed by atoms with van der Waals surface area (Å²) in [6, 6.07) is 6.87. The lowest BCUT2D eigenvalue weighted by molar-refractivity contribution is 0.477. The van der Waals surface area contributed by atoms with Crippen LogP contribution in [0.25, 0.3) is 0 Å². The third-order valence-corrected chi connectivity index (χ3v) is 5.47. The van der Waals surface area contributed by atoms with Crippen molar-refractivity contribution in [1.82, 2.24) is 9.62 Å². The molecular weight excluding hydrogens is 312 g/mol. The van der Waals surface area contributed by atoms with E-state index in [2.05, 4.69) is 10.3 Å². The first kappa shape index (κ1) is 17.7. The van der Waals surface area contributed by atoms with E-state index in [1.54, 1.807) is 28.6 Å². The zero-order valence-electron chi connectivity index (χ0n) is 14.0. The van der Waals surface area contributed by atoms with E-state index >= 15 is 0 Å². The number of guanidine groups is 1. The Bertz CT molecular complexity index is 654. The van der Waals surface area contributed by atoms with Crippen LogP contribution in [0.3, 0.4) is 0 Å². The van der Waals surface area contributed by atoms with Gasteiger partial charge in [-0.25, -0.2) is 13.4 Å². The lowest BCUT2D eigenvalue weighted by atomic mass is 10.1. The van der Waals surface area contributed by atoms with Crippen LogP contribution in [-0.2, 0) is 16.6 Å². The van der Waals surface area contributed by atoms with Crippen molar-refractivity contribution in [3.63, 3.8) is 0 Å². The molecule has 1 fully saturated rings. The third-order valence-electron chi connectivity index (χ3n) is 3.56. The number of sulfonamides is 1. The number of nitrogens with two attached hydrogens (primary N) is 1. The van der Waals surface area contributed by atoms with Gasteiger partial charge in [0.15, 0.2) is 5.96 Å². The van der Waals surface area contributed by atoms with Gasteiger partial charge in [-0.15, -0.1) is 0 Å². The molecule has 1 aliphatic rings. The molecule has 0 atom stereocenters. The average Bonchev–Trinajstić information content (AvgIpc) is 2.98. The number of hydrogen-bond acceptors (Lipinski definition) is 3. The van der Waals surface area contributed by atoms with Crippen LogP contribution in [0.1, 0.15) is 39.2 Å². The summed E-state index contributed by atoms with van der Waals surface area (Å²) < 4.78 is 26.4. The average molecular weight is 338 g/mol. The molecule has 6 nitrogen and oxygen atoms in total. The van der Waals surface area contributed by atoms with Gasteiger partial charge in [0, 0.05) is 18.6 Å². The van der Waals surface area contributed by atoms with Crippen molar-refractivity contribution >= 4 is 16.0 Å². The second kappa shape index (κ2) is 6.88. The van der Waals surface area contributed by atoms with Gasteiger partial charge >= 0.3 is 0 Å². The molecule has 1 aliphatic heterocycles. The maximum absolute atomic E-state index is 12.4. The number of nitrogens with zero attached hydrogens (tertiary/aromatic N) is 2. The molecule has 0 aliphatic carbocycles. The van der Waals surface area contributed by atoms with Crippen LogP contribution in [0.2, 0.25) is 0 Å². The molecule has 1 aromatic carbocycles. The molecule has 1 heterocycles. The zero-order chi connectivity index (χ0) is 17.1. The van der Waals surface area contributed by atoms with Gasteiger partial charge in [-0.1, -0.05) is 12.1 Å². The molecule has 0 amide bonds. The highest BCUT2D eigenvalue weighted by Gasteiger charge is 2.26. The first-order valence-electron chi connectivity index (χ1n) is 7.86. The SMILES string of the molecule is CC(C)(C)NC(N)=NCc1ccc(S(=O)(=O)N2CCCC2)cc1. The minimum atomic E-state index is -3.35. The number of nitrogens with one attached hydrogen (secondary N) is 1. The molecule has 0 spiro atoms. The molecule has 1 saturated heterocycles. The number of aliphatic imine (C=N–C) groups is 1. The van der Waals surface area contributed by atoms with E-state index in [4.69, 9.17) is 5.73 Å². The topological polar surface area (TPSA) is 87.8 Å². The van der Waals surface area contributed by atoms with Crippen LogP contribution in [0, 0.1) is 0 Å². The van der Waals surface area contributed by atoms with Gasteiger partial charge in [-0.05, 0) is 51.3 Å². The molecule has 2 rings (SSSR count). The standard InChI is InChI=1S/C16H26N4O2S/c1-16(2,3)19-15(17)18-12-13-6-8-14(9-7-13)23(21,22)20-10-4-5-11-20/h6-9H,4-5,10-12H2,1-3H3,(H3,17,18,19). The molecule has 23 heavy (non-hydrogen) atoms. The highest BCUT2D eigenvalue weighted by molar-refractivity contribution is 7.89. The Morgan fingerprint density at radius 1 is 1.22 bits per heavy atom. The van der Waals surface area contributed by atoms with E-state index in [9.17, 15) is 8.42 Å². The van der Waals surface area contributed by atoms with Crippen molar-refractivity contribution in [2.75, 3.05) is 13.1 Å². The van der Waals surface area contributed by atoms with E-state index in [0.29, 0.717) is 30.5 Å². The first-order valence-corrected chi connectivity index (χ1v) is 9.30. The van der Waals surface area contributed by atoms with E-state index in [1.807, 2.05) is 20.8 Å². The van der Waals surface area contributed by atoms with E-state index in [-0.39, 0.29) is 5.54 Å². The van der Waals surface area contributed by atoms with Gasteiger partial charge in [0.25, 0.3) is 0 Å². The second-order valence-electron chi connectivity index (χ2n) is 6.83. The zero-order valence-corrected chi connectivity index (χ0v) is 14.9. The molecule has 0 radical (unpaired) electrons. The third kappa shape index (κ3) is 4.94. The summed E-state index contributed by atoms with van der Waals surface area (Å²) in [7, 11) is -3.35. The van der Waals surface area contributed by atoms with Crippen molar-refractivity contribution in [2.45, 2.75) is 50.6 Å². The van der Waals surface area contributed by atoms with Gasteiger partial charge in [0.1, 0.15) is 0 Å².